The van der Waals surface area contributed by atoms with Gasteiger partial charge in [-0.2, -0.15) is 0 Å². The summed E-state index contributed by atoms with van der Waals surface area (Å²) in [6.45, 7) is 4.71. The molecular formula is C11H18ClN3O. The summed E-state index contributed by atoms with van der Waals surface area (Å²) in [5.74, 6) is 0.788. The monoisotopic (exact) mass is 243 g/mol. The Bertz CT molecular complexity index is 327. The molecular weight excluding hydrogens is 226 g/mol. The Morgan fingerprint density at radius 2 is 2.25 bits per heavy atom. The Balaban J connectivity index is 2.72. The molecule has 0 saturated heterocycles. The van der Waals surface area contributed by atoms with Gasteiger partial charge in [0.15, 0.2) is 0 Å². The second-order valence-electron chi connectivity index (χ2n) is 3.72. The summed E-state index contributed by atoms with van der Waals surface area (Å²) in [5.41, 5.74) is 0.876. The molecule has 4 nitrogen and oxygen atoms in total. The third-order valence-corrected chi connectivity index (χ3v) is 2.75. The summed E-state index contributed by atoms with van der Waals surface area (Å²) >= 11 is 5.93. The predicted octanol–water partition coefficient (Wildman–Crippen LogP) is 2.67. The van der Waals surface area contributed by atoms with Crippen molar-refractivity contribution in [3.8, 4) is 0 Å². The molecule has 1 unspecified atom stereocenters. The number of nitrogens with one attached hydrogen (secondary N) is 1. The van der Waals surface area contributed by atoms with Crippen molar-refractivity contribution in [1.82, 2.24) is 9.97 Å². The van der Waals surface area contributed by atoms with Crippen LogP contribution in [0.2, 0.25) is 5.15 Å². The molecule has 0 aliphatic carbocycles. The Morgan fingerprint density at radius 1 is 1.50 bits per heavy atom. The lowest BCUT2D eigenvalue weighted by Gasteiger charge is -2.18. The molecule has 5 heteroatoms. The van der Waals surface area contributed by atoms with Crippen molar-refractivity contribution in [2.75, 3.05) is 19.0 Å². The minimum atomic E-state index is 0.264. The van der Waals surface area contributed by atoms with Crippen molar-refractivity contribution < 1.29 is 4.74 Å². The quantitative estimate of drug-likeness (QED) is 0.781. The Labute approximate surface area is 101 Å². The molecule has 0 aromatic carbocycles. The van der Waals surface area contributed by atoms with Gasteiger partial charge >= 0.3 is 0 Å². The molecule has 0 aliphatic heterocycles. The largest absolute Gasteiger partial charge is 0.383 e. The second kappa shape index (κ2) is 6.66. The molecule has 1 heterocycles. The fourth-order valence-corrected chi connectivity index (χ4v) is 1.65. The van der Waals surface area contributed by atoms with Crippen LogP contribution in [0.4, 0.5) is 5.82 Å². The van der Waals surface area contributed by atoms with Gasteiger partial charge in [0.25, 0.3) is 0 Å². The van der Waals surface area contributed by atoms with Gasteiger partial charge in [0, 0.05) is 12.7 Å². The Kier molecular flexibility index (Phi) is 5.49. The van der Waals surface area contributed by atoms with Crippen molar-refractivity contribution in [2.24, 2.45) is 0 Å². The van der Waals surface area contributed by atoms with Crippen LogP contribution in [0.15, 0.2) is 6.33 Å². The molecule has 1 aromatic heterocycles. The van der Waals surface area contributed by atoms with Crippen LogP contribution >= 0.6 is 11.6 Å². The van der Waals surface area contributed by atoms with Crippen molar-refractivity contribution in [2.45, 2.75) is 32.7 Å². The van der Waals surface area contributed by atoms with E-state index in [-0.39, 0.29) is 6.04 Å². The zero-order valence-electron chi connectivity index (χ0n) is 9.96. The number of nitrogens with zero attached hydrogens (tertiary/aromatic N) is 2. The van der Waals surface area contributed by atoms with E-state index in [2.05, 4.69) is 22.2 Å². The number of rotatable bonds is 6. The van der Waals surface area contributed by atoms with Crippen LogP contribution in [0, 0.1) is 6.92 Å². The molecule has 0 aliphatic rings. The van der Waals surface area contributed by atoms with Crippen molar-refractivity contribution in [3.63, 3.8) is 0 Å². The minimum Gasteiger partial charge on any atom is -0.383 e. The zero-order valence-corrected chi connectivity index (χ0v) is 10.7. The zero-order chi connectivity index (χ0) is 12.0. The van der Waals surface area contributed by atoms with E-state index in [1.165, 1.54) is 6.33 Å². The number of hydrogen-bond donors (Lipinski definition) is 1. The standard InChI is InChI=1S/C11H18ClN3O/c1-4-5-9(6-16-3)15-11-8(2)10(12)13-7-14-11/h7,9H,4-6H2,1-3H3,(H,13,14,15). The maximum absolute atomic E-state index is 5.93. The molecule has 16 heavy (non-hydrogen) atoms. The van der Waals surface area contributed by atoms with Crippen LogP contribution in [-0.4, -0.2) is 29.7 Å². The molecule has 0 fully saturated rings. The SMILES string of the molecule is CCCC(COC)Nc1ncnc(Cl)c1C. The van der Waals surface area contributed by atoms with Gasteiger partial charge in [0.1, 0.15) is 17.3 Å². The average Bonchev–Trinajstić information content (AvgIpc) is 2.25. The Hall–Kier alpha value is -0.870. The summed E-state index contributed by atoms with van der Waals surface area (Å²) in [6.07, 6.45) is 3.60. The van der Waals surface area contributed by atoms with Crippen LogP contribution in [0.5, 0.6) is 0 Å². The van der Waals surface area contributed by atoms with Crippen LogP contribution in [0.3, 0.4) is 0 Å². The molecule has 1 atom stereocenters. The summed E-state index contributed by atoms with van der Waals surface area (Å²) in [6, 6.07) is 0.264. The number of ether oxygens (including phenoxy) is 1. The second-order valence-corrected chi connectivity index (χ2v) is 4.08. The Morgan fingerprint density at radius 3 is 2.88 bits per heavy atom. The lowest BCUT2D eigenvalue weighted by molar-refractivity contribution is 0.182. The van der Waals surface area contributed by atoms with Crippen molar-refractivity contribution in [3.05, 3.63) is 17.0 Å². The first-order chi connectivity index (χ1) is 7.69. The van der Waals surface area contributed by atoms with Crippen molar-refractivity contribution >= 4 is 17.4 Å². The van der Waals surface area contributed by atoms with E-state index in [4.69, 9.17) is 16.3 Å². The van der Waals surface area contributed by atoms with Gasteiger partial charge in [0.2, 0.25) is 0 Å². The third-order valence-electron chi connectivity index (χ3n) is 2.37. The summed E-state index contributed by atoms with van der Waals surface area (Å²) in [4.78, 5) is 8.10. The van der Waals surface area contributed by atoms with Crippen molar-refractivity contribution in [1.29, 1.82) is 0 Å². The van der Waals surface area contributed by atoms with E-state index in [9.17, 15) is 0 Å². The first kappa shape index (κ1) is 13.2. The molecule has 90 valence electrons. The molecule has 1 rings (SSSR count). The predicted molar refractivity (Wildman–Crippen MR) is 66.0 cm³/mol. The highest BCUT2D eigenvalue weighted by molar-refractivity contribution is 6.30. The van der Waals surface area contributed by atoms with Gasteiger partial charge in [0.05, 0.1) is 12.6 Å². The number of methoxy groups -OCH3 is 1. The van der Waals surface area contributed by atoms with Gasteiger partial charge in [-0.15, -0.1) is 0 Å². The highest BCUT2D eigenvalue weighted by Crippen LogP contribution is 2.19. The smallest absolute Gasteiger partial charge is 0.137 e. The lowest BCUT2D eigenvalue weighted by Crippen LogP contribution is -2.25. The van der Waals surface area contributed by atoms with E-state index in [1.807, 2.05) is 6.92 Å². The molecule has 1 N–H and O–H groups in total. The van der Waals surface area contributed by atoms with Gasteiger partial charge in [-0.25, -0.2) is 9.97 Å². The van der Waals surface area contributed by atoms with Crippen LogP contribution in [0.25, 0.3) is 0 Å². The van der Waals surface area contributed by atoms with Gasteiger partial charge < -0.3 is 10.1 Å². The normalized spacial score (nSPS) is 12.5. The topological polar surface area (TPSA) is 47.0 Å². The van der Waals surface area contributed by atoms with Crippen LogP contribution < -0.4 is 5.32 Å². The molecule has 0 radical (unpaired) electrons. The van der Waals surface area contributed by atoms with Gasteiger partial charge in [-0.1, -0.05) is 24.9 Å². The maximum atomic E-state index is 5.93. The fraction of sp³-hybridized carbons (Fsp3) is 0.636. The summed E-state index contributed by atoms with van der Waals surface area (Å²) in [5, 5.41) is 3.82. The van der Waals surface area contributed by atoms with Gasteiger partial charge in [-0.05, 0) is 13.3 Å². The van der Waals surface area contributed by atoms with E-state index in [1.54, 1.807) is 7.11 Å². The maximum Gasteiger partial charge on any atom is 0.137 e. The summed E-state index contributed by atoms with van der Waals surface area (Å²) < 4.78 is 5.16. The number of hydrogen-bond acceptors (Lipinski definition) is 4. The van der Waals surface area contributed by atoms with E-state index in [0.717, 1.165) is 24.2 Å². The molecule has 1 aromatic rings. The van der Waals surface area contributed by atoms with E-state index < -0.39 is 0 Å². The van der Waals surface area contributed by atoms with Crippen LogP contribution in [0.1, 0.15) is 25.3 Å². The first-order valence-electron chi connectivity index (χ1n) is 5.41. The molecule has 0 saturated carbocycles. The highest BCUT2D eigenvalue weighted by Gasteiger charge is 2.11. The summed E-state index contributed by atoms with van der Waals surface area (Å²) in [7, 11) is 1.70. The number of aromatic nitrogens is 2. The lowest BCUT2D eigenvalue weighted by atomic mass is 10.2. The molecule has 0 spiro atoms. The van der Waals surface area contributed by atoms with E-state index >= 15 is 0 Å². The third kappa shape index (κ3) is 3.61. The fourth-order valence-electron chi connectivity index (χ4n) is 1.51. The van der Waals surface area contributed by atoms with Gasteiger partial charge in [-0.3, -0.25) is 0 Å². The number of halogens is 1. The van der Waals surface area contributed by atoms with Crippen LogP contribution in [-0.2, 0) is 4.74 Å². The minimum absolute atomic E-state index is 0.264. The number of anilines is 1. The molecule has 0 bridgehead atoms. The highest BCUT2D eigenvalue weighted by atomic mass is 35.5. The average molecular weight is 244 g/mol. The first-order valence-corrected chi connectivity index (χ1v) is 5.79. The molecule has 0 amide bonds. The van der Waals surface area contributed by atoms with E-state index in [0.29, 0.717) is 11.8 Å².